The molecule has 0 amide bonds. The highest BCUT2D eigenvalue weighted by Gasteiger charge is 2.22. The lowest BCUT2D eigenvalue weighted by molar-refractivity contribution is -0.0596. The molecule has 2 aromatic heterocycles. The number of allylic oxidation sites excluding steroid dienone is 2. The van der Waals surface area contributed by atoms with Crippen LogP contribution in [0.1, 0.15) is 48.3 Å². The van der Waals surface area contributed by atoms with Crippen molar-refractivity contribution in [1.82, 2.24) is 19.5 Å². The fourth-order valence-corrected chi connectivity index (χ4v) is 4.37. The summed E-state index contributed by atoms with van der Waals surface area (Å²) in [7, 11) is 0. The van der Waals surface area contributed by atoms with Gasteiger partial charge in [0.1, 0.15) is 18.2 Å². The van der Waals surface area contributed by atoms with Crippen molar-refractivity contribution in [2.45, 2.75) is 51.4 Å². The van der Waals surface area contributed by atoms with Crippen LogP contribution in [0.25, 0.3) is 5.57 Å². The lowest BCUT2D eigenvalue weighted by atomic mass is 9.86. The Balaban J connectivity index is 1.18. The Labute approximate surface area is 197 Å². The number of rotatable bonds is 8. The molecule has 0 saturated carbocycles. The van der Waals surface area contributed by atoms with Gasteiger partial charge >= 0.3 is 6.01 Å². The van der Waals surface area contributed by atoms with E-state index in [0.717, 1.165) is 56.8 Å². The van der Waals surface area contributed by atoms with Crippen LogP contribution in [0.5, 0.6) is 6.01 Å². The molecule has 3 heterocycles. The van der Waals surface area contributed by atoms with Gasteiger partial charge in [0.25, 0.3) is 0 Å². The SMILES string of the molecule is N#Cc1ccc(COc2nccc(C3=CCC(Cc4nccn4C[C@@H]4CCO4)CC3)n2)c(F)c1. The highest BCUT2D eigenvalue weighted by molar-refractivity contribution is 5.63. The predicted octanol–water partition coefficient (Wildman–Crippen LogP) is 4.48. The molecule has 1 aliphatic carbocycles. The Kier molecular flexibility index (Phi) is 6.63. The van der Waals surface area contributed by atoms with Crippen LogP contribution in [-0.2, 0) is 24.3 Å². The number of ether oxygens (including phenoxy) is 2. The Morgan fingerprint density at radius 3 is 2.85 bits per heavy atom. The van der Waals surface area contributed by atoms with Gasteiger partial charge in [0, 0.05) is 37.2 Å². The second-order valence-electron chi connectivity index (χ2n) is 8.78. The minimum Gasteiger partial charge on any atom is -0.458 e. The summed E-state index contributed by atoms with van der Waals surface area (Å²) in [5.41, 5.74) is 2.65. The average molecular weight is 460 g/mol. The summed E-state index contributed by atoms with van der Waals surface area (Å²) in [5.74, 6) is 1.20. The number of imidazole rings is 1. The molecule has 0 spiro atoms. The molecule has 1 aliphatic heterocycles. The molecular weight excluding hydrogens is 433 g/mol. The summed E-state index contributed by atoms with van der Waals surface area (Å²) < 4.78 is 27.5. The Hall–Kier alpha value is -3.57. The molecule has 0 N–H and O–H groups in total. The highest BCUT2D eigenvalue weighted by Crippen LogP contribution is 2.31. The van der Waals surface area contributed by atoms with E-state index in [1.165, 1.54) is 11.6 Å². The summed E-state index contributed by atoms with van der Waals surface area (Å²) in [4.78, 5) is 13.3. The van der Waals surface area contributed by atoms with Crippen LogP contribution in [0, 0.1) is 23.1 Å². The zero-order valence-electron chi connectivity index (χ0n) is 18.9. The van der Waals surface area contributed by atoms with E-state index in [1.54, 1.807) is 18.3 Å². The topological polar surface area (TPSA) is 85.8 Å². The number of hydrogen-bond acceptors (Lipinski definition) is 6. The van der Waals surface area contributed by atoms with E-state index >= 15 is 0 Å². The molecule has 0 radical (unpaired) electrons. The molecule has 3 aromatic rings. The molecule has 8 heteroatoms. The van der Waals surface area contributed by atoms with Crippen molar-refractivity contribution in [3.8, 4) is 12.1 Å². The maximum atomic E-state index is 14.1. The molecule has 1 fully saturated rings. The molecule has 1 unspecified atom stereocenters. The van der Waals surface area contributed by atoms with Gasteiger partial charge in [0.15, 0.2) is 0 Å². The van der Waals surface area contributed by atoms with Gasteiger partial charge in [-0.15, -0.1) is 0 Å². The average Bonchev–Trinajstić information content (AvgIpc) is 3.28. The molecule has 1 aromatic carbocycles. The number of benzene rings is 1. The van der Waals surface area contributed by atoms with Crippen LogP contribution >= 0.6 is 0 Å². The van der Waals surface area contributed by atoms with Crippen LogP contribution in [0.3, 0.4) is 0 Å². The molecule has 2 aliphatic rings. The second-order valence-corrected chi connectivity index (χ2v) is 8.78. The summed E-state index contributed by atoms with van der Waals surface area (Å²) in [6.45, 7) is 1.76. The van der Waals surface area contributed by atoms with Gasteiger partial charge < -0.3 is 14.0 Å². The predicted molar refractivity (Wildman–Crippen MR) is 123 cm³/mol. The van der Waals surface area contributed by atoms with Gasteiger partial charge in [0.05, 0.1) is 30.0 Å². The molecule has 5 rings (SSSR count). The lowest BCUT2D eigenvalue weighted by Gasteiger charge is -2.28. The van der Waals surface area contributed by atoms with Gasteiger partial charge in [-0.2, -0.15) is 10.2 Å². The minimum absolute atomic E-state index is 0.000656. The third-order valence-electron chi connectivity index (χ3n) is 6.49. The van der Waals surface area contributed by atoms with Crippen LogP contribution < -0.4 is 4.74 Å². The van der Waals surface area contributed by atoms with Crippen LogP contribution in [-0.4, -0.2) is 32.2 Å². The minimum atomic E-state index is -0.475. The van der Waals surface area contributed by atoms with Gasteiger partial charge in [-0.1, -0.05) is 12.1 Å². The number of nitriles is 1. The highest BCUT2D eigenvalue weighted by atomic mass is 19.1. The number of hydrogen-bond donors (Lipinski definition) is 0. The largest absolute Gasteiger partial charge is 0.458 e. The van der Waals surface area contributed by atoms with Crippen molar-refractivity contribution in [2.75, 3.05) is 6.61 Å². The van der Waals surface area contributed by atoms with E-state index in [0.29, 0.717) is 17.6 Å². The molecule has 0 bridgehead atoms. The Morgan fingerprint density at radius 1 is 1.21 bits per heavy atom. The van der Waals surface area contributed by atoms with Gasteiger partial charge in [-0.05, 0) is 55.4 Å². The van der Waals surface area contributed by atoms with E-state index < -0.39 is 5.82 Å². The van der Waals surface area contributed by atoms with Gasteiger partial charge in [-0.25, -0.2) is 14.4 Å². The standard InChI is InChI=1S/C26H26FN5O2/c27-23-13-19(15-28)3-6-21(23)17-34-26-30-9-7-24(31-26)20-4-1-18(2-5-20)14-25-29-10-11-32(25)16-22-8-12-33-22/h3-4,6-7,9-11,13,18,22H,1-2,5,8,12,14,16-17H2/t18?,22-/m0/s1. The van der Waals surface area contributed by atoms with Gasteiger partial charge in [-0.3, -0.25) is 0 Å². The molecule has 2 atom stereocenters. The summed E-state index contributed by atoms with van der Waals surface area (Å²) >= 11 is 0. The summed E-state index contributed by atoms with van der Waals surface area (Å²) in [6, 6.07) is 8.33. The van der Waals surface area contributed by atoms with E-state index in [9.17, 15) is 4.39 Å². The normalized spacial score (nSPS) is 19.7. The number of nitrogens with zero attached hydrogens (tertiary/aromatic N) is 5. The van der Waals surface area contributed by atoms with E-state index in [2.05, 4.69) is 25.6 Å². The first-order valence-electron chi connectivity index (χ1n) is 11.6. The molecule has 7 nitrogen and oxygen atoms in total. The van der Waals surface area contributed by atoms with Crippen molar-refractivity contribution in [2.24, 2.45) is 5.92 Å². The van der Waals surface area contributed by atoms with Crippen LogP contribution in [0.4, 0.5) is 4.39 Å². The van der Waals surface area contributed by atoms with Crippen molar-refractivity contribution in [3.63, 3.8) is 0 Å². The Bertz CT molecular complexity index is 1230. The lowest BCUT2D eigenvalue weighted by Crippen LogP contribution is -2.31. The quantitative estimate of drug-likeness (QED) is 0.494. The fraction of sp³-hybridized carbons (Fsp3) is 0.385. The Morgan fingerprint density at radius 2 is 2.12 bits per heavy atom. The van der Waals surface area contributed by atoms with Crippen LogP contribution in [0.15, 0.2) is 48.9 Å². The third-order valence-corrected chi connectivity index (χ3v) is 6.49. The zero-order chi connectivity index (χ0) is 23.3. The van der Waals surface area contributed by atoms with E-state index in [4.69, 9.17) is 14.7 Å². The zero-order valence-corrected chi connectivity index (χ0v) is 18.9. The van der Waals surface area contributed by atoms with Crippen LogP contribution in [0.2, 0.25) is 0 Å². The number of halogens is 1. The van der Waals surface area contributed by atoms with Crippen molar-refractivity contribution >= 4 is 5.57 Å². The second kappa shape index (κ2) is 10.1. The fourth-order valence-electron chi connectivity index (χ4n) is 4.37. The first-order valence-corrected chi connectivity index (χ1v) is 11.6. The van der Waals surface area contributed by atoms with Crippen molar-refractivity contribution in [3.05, 3.63) is 77.4 Å². The third kappa shape index (κ3) is 5.15. The molecular formula is C26H26FN5O2. The summed E-state index contributed by atoms with van der Waals surface area (Å²) in [5, 5.41) is 8.87. The molecule has 174 valence electrons. The van der Waals surface area contributed by atoms with Crippen molar-refractivity contribution < 1.29 is 13.9 Å². The maximum absolute atomic E-state index is 14.1. The molecule has 34 heavy (non-hydrogen) atoms. The summed E-state index contributed by atoms with van der Waals surface area (Å²) in [6.07, 6.45) is 13.2. The maximum Gasteiger partial charge on any atom is 0.317 e. The first kappa shape index (κ1) is 22.2. The monoisotopic (exact) mass is 459 g/mol. The van der Waals surface area contributed by atoms with E-state index in [1.807, 2.05) is 24.5 Å². The van der Waals surface area contributed by atoms with Gasteiger partial charge in [0.2, 0.25) is 0 Å². The first-order chi connectivity index (χ1) is 16.7. The van der Waals surface area contributed by atoms with Crippen molar-refractivity contribution in [1.29, 1.82) is 5.26 Å². The number of aromatic nitrogens is 4. The molecule has 1 saturated heterocycles. The van der Waals surface area contributed by atoms with E-state index in [-0.39, 0.29) is 18.2 Å². The smallest absolute Gasteiger partial charge is 0.317 e.